The van der Waals surface area contributed by atoms with E-state index in [9.17, 15) is 4.79 Å². The Morgan fingerprint density at radius 2 is 1.74 bits per heavy atom. The summed E-state index contributed by atoms with van der Waals surface area (Å²) < 4.78 is 0. The fourth-order valence-corrected chi connectivity index (χ4v) is 4.97. The van der Waals surface area contributed by atoms with Gasteiger partial charge in [-0.05, 0) is 25.1 Å². The van der Waals surface area contributed by atoms with E-state index in [1.807, 2.05) is 43.3 Å². The van der Waals surface area contributed by atoms with Crippen LogP contribution in [-0.4, -0.2) is 21.6 Å². The van der Waals surface area contributed by atoms with Crippen molar-refractivity contribution in [1.29, 1.82) is 0 Å². The van der Waals surface area contributed by atoms with Crippen LogP contribution in [0.3, 0.4) is 0 Å². The smallest absolute Gasteiger partial charge is 0.240 e. The molecule has 4 rings (SSSR count). The zero-order valence-electron chi connectivity index (χ0n) is 14.4. The highest BCUT2D eigenvalue weighted by molar-refractivity contribution is 8.00. The third-order valence-corrected chi connectivity index (χ3v) is 6.08. The van der Waals surface area contributed by atoms with Crippen molar-refractivity contribution in [2.75, 3.05) is 10.7 Å². The Bertz CT molecular complexity index is 993. The van der Waals surface area contributed by atoms with Crippen LogP contribution in [0.4, 0.5) is 5.95 Å². The minimum absolute atomic E-state index is 0.0643. The minimum atomic E-state index is -0.357. The Kier molecular flexibility index (Phi) is 5.08. The number of carbonyl (C=O) groups excluding carboxylic acids is 1. The van der Waals surface area contributed by atoms with Crippen LogP contribution in [0.2, 0.25) is 10.0 Å². The van der Waals surface area contributed by atoms with Crippen LogP contribution in [0.25, 0.3) is 11.3 Å². The Balaban J connectivity index is 1.81. The van der Waals surface area contributed by atoms with Gasteiger partial charge >= 0.3 is 0 Å². The van der Waals surface area contributed by atoms with Crippen molar-refractivity contribution in [2.24, 2.45) is 0 Å². The van der Waals surface area contributed by atoms with Crippen molar-refractivity contribution in [3.8, 4) is 11.3 Å². The monoisotopic (exact) mass is 415 g/mol. The van der Waals surface area contributed by atoms with Crippen molar-refractivity contribution in [1.82, 2.24) is 9.97 Å². The first-order valence-corrected chi connectivity index (χ1v) is 10.1. The number of anilines is 1. The second kappa shape index (κ2) is 7.50. The Hall–Kier alpha value is -2.08. The molecule has 0 spiro atoms. The molecule has 1 unspecified atom stereocenters. The van der Waals surface area contributed by atoms with Gasteiger partial charge in [-0.2, -0.15) is 0 Å². The maximum absolute atomic E-state index is 12.7. The van der Waals surface area contributed by atoms with E-state index in [4.69, 9.17) is 23.2 Å². The van der Waals surface area contributed by atoms with Crippen LogP contribution in [0.5, 0.6) is 0 Å². The summed E-state index contributed by atoms with van der Waals surface area (Å²) in [5.41, 5.74) is 3.23. The lowest BCUT2D eigenvalue weighted by Gasteiger charge is -2.24. The van der Waals surface area contributed by atoms with Crippen LogP contribution in [0, 0.1) is 6.92 Å². The molecule has 7 heteroatoms. The second-order valence-electron chi connectivity index (χ2n) is 6.12. The van der Waals surface area contributed by atoms with Crippen LogP contribution >= 0.6 is 35.0 Å². The van der Waals surface area contributed by atoms with Crippen molar-refractivity contribution in [3.05, 3.63) is 75.9 Å². The molecule has 136 valence electrons. The Morgan fingerprint density at radius 1 is 1.04 bits per heavy atom. The summed E-state index contributed by atoms with van der Waals surface area (Å²) in [5.74, 6) is 0.625. The maximum Gasteiger partial charge on any atom is 0.240 e. The molecule has 1 aromatic heterocycles. The summed E-state index contributed by atoms with van der Waals surface area (Å²) in [6, 6.07) is 17.1. The van der Waals surface area contributed by atoms with Gasteiger partial charge in [0.05, 0.1) is 11.4 Å². The number of nitrogens with zero attached hydrogens (tertiary/aromatic N) is 3. The van der Waals surface area contributed by atoms with E-state index in [2.05, 4.69) is 9.97 Å². The molecule has 3 aromatic rings. The molecule has 0 N–H and O–H groups in total. The number of carbonyl (C=O) groups is 1. The number of rotatable bonds is 3. The highest BCUT2D eigenvalue weighted by Crippen LogP contribution is 2.45. The van der Waals surface area contributed by atoms with E-state index in [-0.39, 0.29) is 11.3 Å². The molecule has 0 bridgehead atoms. The first-order valence-electron chi connectivity index (χ1n) is 8.33. The number of aryl methyl sites for hydroxylation is 1. The van der Waals surface area contributed by atoms with Crippen molar-refractivity contribution in [2.45, 2.75) is 12.3 Å². The average Bonchev–Trinajstić information content (AvgIpc) is 3.03. The van der Waals surface area contributed by atoms with E-state index < -0.39 is 0 Å². The lowest BCUT2D eigenvalue weighted by Crippen LogP contribution is -2.30. The fourth-order valence-electron chi connectivity index (χ4n) is 3.02. The quantitative estimate of drug-likeness (QED) is 0.563. The van der Waals surface area contributed by atoms with Gasteiger partial charge in [0.2, 0.25) is 11.9 Å². The van der Waals surface area contributed by atoms with Gasteiger partial charge in [-0.15, -0.1) is 11.8 Å². The first-order chi connectivity index (χ1) is 13.0. The molecule has 0 aliphatic carbocycles. The molecule has 1 saturated heterocycles. The van der Waals surface area contributed by atoms with Crippen LogP contribution in [-0.2, 0) is 4.79 Å². The molecule has 4 nitrogen and oxygen atoms in total. The van der Waals surface area contributed by atoms with Gasteiger partial charge in [-0.1, -0.05) is 59.6 Å². The van der Waals surface area contributed by atoms with E-state index in [0.717, 1.165) is 17.0 Å². The highest BCUT2D eigenvalue weighted by Gasteiger charge is 2.38. The number of halogens is 2. The standard InChI is InChI=1S/C20H15Cl2N3OS/c1-12-10-16(13-6-3-2-4-7-13)24-20(23-12)25-17(26)11-27-19(25)18-14(21)8-5-9-15(18)22/h2-10,19H,11H2,1H3. The zero-order valence-corrected chi connectivity index (χ0v) is 16.7. The summed E-state index contributed by atoms with van der Waals surface area (Å²) in [6.45, 7) is 1.89. The molecule has 1 atom stereocenters. The zero-order chi connectivity index (χ0) is 19.0. The molecule has 0 radical (unpaired) electrons. The summed E-state index contributed by atoms with van der Waals surface area (Å²) in [6.07, 6.45) is 0. The molecule has 2 aromatic carbocycles. The lowest BCUT2D eigenvalue weighted by atomic mass is 10.1. The topological polar surface area (TPSA) is 46.1 Å². The van der Waals surface area contributed by atoms with Gasteiger partial charge in [-0.3, -0.25) is 9.69 Å². The molecular weight excluding hydrogens is 401 g/mol. The van der Waals surface area contributed by atoms with E-state index >= 15 is 0 Å². The predicted octanol–water partition coefficient (Wildman–Crippen LogP) is 5.54. The van der Waals surface area contributed by atoms with Gasteiger partial charge < -0.3 is 0 Å². The van der Waals surface area contributed by atoms with Crippen molar-refractivity contribution >= 4 is 46.8 Å². The number of benzene rings is 2. The first kappa shape index (κ1) is 18.3. The van der Waals surface area contributed by atoms with E-state index in [1.165, 1.54) is 11.8 Å². The second-order valence-corrected chi connectivity index (χ2v) is 8.01. The summed E-state index contributed by atoms with van der Waals surface area (Å²) in [4.78, 5) is 23.5. The molecule has 1 aliphatic rings. The number of thioether (sulfide) groups is 1. The molecule has 1 amide bonds. The van der Waals surface area contributed by atoms with Crippen molar-refractivity contribution in [3.63, 3.8) is 0 Å². The molecule has 1 aliphatic heterocycles. The predicted molar refractivity (Wildman–Crippen MR) is 111 cm³/mol. The summed E-state index contributed by atoms with van der Waals surface area (Å²) >= 11 is 14.3. The normalized spacial score (nSPS) is 16.8. The Morgan fingerprint density at radius 3 is 2.44 bits per heavy atom. The molecule has 2 heterocycles. The van der Waals surface area contributed by atoms with Crippen LogP contribution in [0.15, 0.2) is 54.6 Å². The number of hydrogen-bond acceptors (Lipinski definition) is 4. The molecular formula is C20H15Cl2N3OS. The van der Waals surface area contributed by atoms with Gasteiger partial charge in [0.25, 0.3) is 0 Å². The average molecular weight is 416 g/mol. The summed E-state index contributed by atoms with van der Waals surface area (Å²) in [5, 5.41) is 0.690. The summed E-state index contributed by atoms with van der Waals surface area (Å²) in [7, 11) is 0. The maximum atomic E-state index is 12.7. The number of amides is 1. The number of hydrogen-bond donors (Lipinski definition) is 0. The molecule has 1 fully saturated rings. The third-order valence-electron chi connectivity index (χ3n) is 4.24. The van der Waals surface area contributed by atoms with E-state index in [1.54, 1.807) is 23.1 Å². The minimum Gasteiger partial charge on any atom is -0.273 e. The van der Waals surface area contributed by atoms with Crippen LogP contribution < -0.4 is 4.90 Å². The SMILES string of the molecule is Cc1cc(-c2ccccc2)nc(N2C(=O)CSC2c2c(Cl)cccc2Cl)n1. The fraction of sp³-hybridized carbons (Fsp3) is 0.150. The van der Waals surface area contributed by atoms with Gasteiger partial charge in [-0.25, -0.2) is 9.97 Å². The van der Waals surface area contributed by atoms with Gasteiger partial charge in [0.1, 0.15) is 5.37 Å². The third kappa shape index (κ3) is 3.55. The lowest BCUT2D eigenvalue weighted by molar-refractivity contribution is -0.115. The Labute approximate surface area is 171 Å². The number of aromatic nitrogens is 2. The van der Waals surface area contributed by atoms with E-state index in [0.29, 0.717) is 27.3 Å². The van der Waals surface area contributed by atoms with Crippen molar-refractivity contribution < 1.29 is 4.79 Å². The van der Waals surface area contributed by atoms with Gasteiger partial charge in [0, 0.05) is 26.9 Å². The largest absolute Gasteiger partial charge is 0.273 e. The molecule has 0 saturated carbocycles. The molecule has 27 heavy (non-hydrogen) atoms. The highest BCUT2D eigenvalue weighted by atomic mass is 35.5. The van der Waals surface area contributed by atoms with Crippen LogP contribution in [0.1, 0.15) is 16.6 Å². The van der Waals surface area contributed by atoms with Gasteiger partial charge in [0.15, 0.2) is 0 Å².